The lowest BCUT2D eigenvalue weighted by Gasteiger charge is -2.28. The Bertz CT molecular complexity index is 667. The zero-order valence-corrected chi connectivity index (χ0v) is 13.9. The first-order valence-electron chi connectivity index (χ1n) is 8.13. The molecule has 5 heteroatoms. The van der Waals surface area contributed by atoms with Crippen molar-refractivity contribution >= 4 is 5.91 Å². The number of carbonyl (C=O) groups is 1. The van der Waals surface area contributed by atoms with Crippen molar-refractivity contribution in [1.29, 1.82) is 0 Å². The van der Waals surface area contributed by atoms with Crippen LogP contribution < -0.4 is 5.32 Å². The lowest BCUT2D eigenvalue weighted by molar-refractivity contribution is -0.134. The quantitative estimate of drug-likeness (QED) is 0.940. The number of aromatic nitrogens is 2. The van der Waals surface area contributed by atoms with Crippen LogP contribution in [0.3, 0.4) is 0 Å². The van der Waals surface area contributed by atoms with Crippen LogP contribution in [0.15, 0.2) is 42.7 Å². The maximum Gasteiger partial charge on any atom is 0.244 e. The maximum atomic E-state index is 13.0. The fourth-order valence-electron chi connectivity index (χ4n) is 3.58. The van der Waals surface area contributed by atoms with Crippen molar-refractivity contribution in [3.8, 4) is 0 Å². The standard InChI is InChI=1S/C18H24N4O/c1-13-16(14-7-5-4-6-8-14)9-10-22(13)18(23)17(19-2)15-11-20-21(3)12-15/h4-8,11-13,16-17,19H,9-10H2,1-3H3. The Hall–Kier alpha value is -2.14. The zero-order valence-electron chi connectivity index (χ0n) is 13.9. The molecule has 23 heavy (non-hydrogen) atoms. The number of aryl methyl sites for hydroxylation is 1. The van der Waals surface area contributed by atoms with E-state index >= 15 is 0 Å². The Morgan fingerprint density at radius 3 is 2.70 bits per heavy atom. The number of carbonyl (C=O) groups excluding carboxylic acids is 1. The minimum Gasteiger partial charge on any atom is -0.338 e. The summed E-state index contributed by atoms with van der Waals surface area (Å²) in [5, 5.41) is 7.32. The van der Waals surface area contributed by atoms with E-state index in [1.165, 1.54) is 5.56 Å². The first-order valence-corrected chi connectivity index (χ1v) is 8.13. The second-order valence-electron chi connectivity index (χ2n) is 6.25. The normalized spacial score (nSPS) is 22.3. The number of hydrogen-bond donors (Lipinski definition) is 1. The van der Waals surface area contributed by atoms with Gasteiger partial charge in [-0.2, -0.15) is 5.10 Å². The van der Waals surface area contributed by atoms with Gasteiger partial charge in [-0.1, -0.05) is 30.3 Å². The van der Waals surface area contributed by atoms with Crippen LogP contribution in [0.4, 0.5) is 0 Å². The zero-order chi connectivity index (χ0) is 16.4. The van der Waals surface area contributed by atoms with E-state index in [1.54, 1.807) is 10.9 Å². The number of nitrogens with one attached hydrogen (secondary N) is 1. The lowest BCUT2D eigenvalue weighted by atomic mass is 9.93. The second-order valence-corrected chi connectivity index (χ2v) is 6.25. The van der Waals surface area contributed by atoms with Crippen molar-refractivity contribution < 1.29 is 4.79 Å². The molecule has 5 nitrogen and oxygen atoms in total. The number of nitrogens with zero attached hydrogens (tertiary/aromatic N) is 3. The van der Waals surface area contributed by atoms with Gasteiger partial charge in [-0.15, -0.1) is 0 Å². The summed E-state index contributed by atoms with van der Waals surface area (Å²) in [5.74, 6) is 0.540. The molecule has 1 aromatic heterocycles. The Kier molecular flexibility index (Phi) is 4.48. The van der Waals surface area contributed by atoms with E-state index in [-0.39, 0.29) is 18.0 Å². The average molecular weight is 312 g/mol. The van der Waals surface area contributed by atoms with Gasteiger partial charge in [-0.25, -0.2) is 0 Å². The van der Waals surface area contributed by atoms with Gasteiger partial charge in [-0.05, 0) is 26.0 Å². The molecule has 0 saturated carbocycles. The smallest absolute Gasteiger partial charge is 0.244 e. The topological polar surface area (TPSA) is 50.2 Å². The largest absolute Gasteiger partial charge is 0.338 e. The van der Waals surface area contributed by atoms with Gasteiger partial charge in [-0.3, -0.25) is 9.48 Å². The molecule has 2 heterocycles. The molecule has 0 aliphatic carbocycles. The van der Waals surface area contributed by atoms with Crippen molar-refractivity contribution in [3.63, 3.8) is 0 Å². The molecule has 1 saturated heterocycles. The third-order valence-corrected chi connectivity index (χ3v) is 4.86. The van der Waals surface area contributed by atoms with Crippen molar-refractivity contribution in [2.24, 2.45) is 7.05 Å². The van der Waals surface area contributed by atoms with Crippen LogP contribution in [0.1, 0.15) is 36.4 Å². The van der Waals surface area contributed by atoms with E-state index < -0.39 is 0 Å². The highest BCUT2D eigenvalue weighted by atomic mass is 16.2. The summed E-state index contributed by atoms with van der Waals surface area (Å²) in [6.07, 6.45) is 4.67. The summed E-state index contributed by atoms with van der Waals surface area (Å²) in [6, 6.07) is 10.4. The molecule has 1 aliphatic heterocycles. The summed E-state index contributed by atoms with van der Waals surface area (Å²) in [6.45, 7) is 2.95. The molecule has 1 fully saturated rings. The highest BCUT2D eigenvalue weighted by Crippen LogP contribution is 2.34. The van der Waals surface area contributed by atoms with Gasteiger partial charge in [0.1, 0.15) is 6.04 Å². The molecular formula is C18H24N4O. The van der Waals surface area contributed by atoms with Crippen LogP contribution in [-0.4, -0.2) is 40.2 Å². The van der Waals surface area contributed by atoms with Crippen LogP contribution in [0, 0.1) is 0 Å². The van der Waals surface area contributed by atoms with Gasteiger partial charge < -0.3 is 10.2 Å². The van der Waals surface area contributed by atoms with Gasteiger partial charge >= 0.3 is 0 Å². The van der Waals surface area contributed by atoms with Gasteiger partial charge in [0.25, 0.3) is 0 Å². The molecule has 1 amide bonds. The Morgan fingerprint density at radius 2 is 2.09 bits per heavy atom. The SMILES string of the molecule is CNC(C(=O)N1CCC(c2ccccc2)C1C)c1cnn(C)c1. The predicted molar refractivity (Wildman–Crippen MR) is 90.0 cm³/mol. The van der Waals surface area contributed by atoms with Gasteiger partial charge in [0.05, 0.1) is 6.20 Å². The molecule has 1 aromatic carbocycles. The molecule has 1 aliphatic rings. The summed E-state index contributed by atoms with van der Waals surface area (Å²) >= 11 is 0. The number of likely N-dealkylation sites (tertiary alicyclic amines) is 1. The Labute approximate surface area is 137 Å². The third-order valence-electron chi connectivity index (χ3n) is 4.86. The van der Waals surface area contributed by atoms with E-state index in [0.717, 1.165) is 18.5 Å². The maximum absolute atomic E-state index is 13.0. The summed E-state index contributed by atoms with van der Waals surface area (Å²) in [7, 11) is 3.69. The first kappa shape index (κ1) is 15.7. The van der Waals surface area contributed by atoms with Crippen LogP contribution in [-0.2, 0) is 11.8 Å². The number of amides is 1. The van der Waals surface area contributed by atoms with E-state index in [9.17, 15) is 4.79 Å². The molecule has 3 atom stereocenters. The number of rotatable bonds is 4. The molecule has 122 valence electrons. The second kappa shape index (κ2) is 6.54. The van der Waals surface area contributed by atoms with E-state index in [1.807, 2.05) is 31.3 Å². The Balaban J connectivity index is 1.77. The fraction of sp³-hybridized carbons (Fsp3) is 0.444. The minimum absolute atomic E-state index is 0.131. The minimum atomic E-state index is -0.333. The molecule has 3 unspecified atom stereocenters. The highest BCUT2D eigenvalue weighted by molar-refractivity contribution is 5.83. The van der Waals surface area contributed by atoms with Gasteiger partial charge in [0.2, 0.25) is 5.91 Å². The van der Waals surface area contributed by atoms with E-state index in [2.05, 4.69) is 41.6 Å². The van der Waals surface area contributed by atoms with Gasteiger partial charge in [0.15, 0.2) is 0 Å². The van der Waals surface area contributed by atoms with Crippen LogP contribution in [0.5, 0.6) is 0 Å². The summed E-state index contributed by atoms with van der Waals surface area (Å²) in [5.41, 5.74) is 2.23. The molecular weight excluding hydrogens is 288 g/mol. The van der Waals surface area contributed by atoms with Crippen molar-refractivity contribution in [3.05, 3.63) is 53.9 Å². The van der Waals surface area contributed by atoms with E-state index in [0.29, 0.717) is 5.92 Å². The van der Waals surface area contributed by atoms with E-state index in [4.69, 9.17) is 0 Å². The van der Waals surface area contributed by atoms with Crippen LogP contribution >= 0.6 is 0 Å². The molecule has 1 N–H and O–H groups in total. The predicted octanol–water partition coefficient (Wildman–Crippen LogP) is 2.09. The highest BCUT2D eigenvalue weighted by Gasteiger charge is 2.37. The van der Waals surface area contributed by atoms with Crippen molar-refractivity contribution in [1.82, 2.24) is 20.0 Å². The Morgan fingerprint density at radius 1 is 1.35 bits per heavy atom. The molecule has 3 rings (SSSR count). The van der Waals surface area contributed by atoms with Crippen molar-refractivity contribution in [2.75, 3.05) is 13.6 Å². The number of benzene rings is 1. The number of hydrogen-bond acceptors (Lipinski definition) is 3. The molecule has 0 radical (unpaired) electrons. The summed E-state index contributed by atoms with van der Waals surface area (Å²) < 4.78 is 1.73. The summed E-state index contributed by atoms with van der Waals surface area (Å²) in [4.78, 5) is 15.0. The monoisotopic (exact) mass is 312 g/mol. The van der Waals surface area contributed by atoms with Crippen LogP contribution in [0.25, 0.3) is 0 Å². The van der Waals surface area contributed by atoms with Crippen molar-refractivity contribution in [2.45, 2.75) is 31.3 Å². The first-order chi connectivity index (χ1) is 11.1. The van der Waals surface area contributed by atoms with Gasteiger partial charge in [0, 0.05) is 37.3 Å². The number of likely N-dealkylation sites (N-methyl/N-ethyl adjacent to an activating group) is 1. The average Bonchev–Trinajstić information content (AvgIpc) is 3.15. The van der Waals surface area contributed by atoms with Crippen LogP contribution in [0.2, 0.25) is 0 Å². The fourth-order valence-corrected chi connectivity index (χ4v) is 3.58. The molecule has 0 spiro atoms. The molecule has 0 bridgehead atoms. The third kappa shape index (κ3) is 3.01. The lowest BCUT2D eigenvalue weighted by Crippen LogP contribution is -2.42. The molecule has 2 aromatic rings.